The van der Waals surface area contributed by atoms with Crippen molar-refractivity contribution in [3.8, 4) is 28.4 Å². The number of aliphatic hydroxyl groups excluding tert-OH is 1. The first-order chi connectivity index (χ1) is 20.7. The molecule has 1 aliphatic rings. The molecular formula is C35H36O8. The van der Waals surface area contributed by atoms with Crippen LogP contribution >= 0.6 is 0 Å². The lowest BCUT2D eigenvalue weighted by Gasteiger charge is -2.11. The van der Waals surface area contributed by atoms with Crippen molar-refractivity contribution < 1.29 is 38.4 Å². The molecule has 0 saturated carbocycles. The van der Waals surface area contributed by atoms with Gasteiger partial charge in [-0.1, -0.05) is 32.2 Å². The predicted octanol–water partition coefficient (Wildman–Crippen LogP) is 6.47. The molecule has 0 amide bonds. The minimum Gasteiger partial charge on any atom is -0.494 e. The number of hydrogen-bond donors (Lipinski definition) is 1. The highest BCUT2D eigenvalue weighted by Crippen LogP contribution is 2.47. The van der Waals surface area contributed by atoms with Crippen LogP contribution in [0.25, 0.3) is 11.1 Å². The third-order valence-electron chi connectivity index (χ3n) is 7.29. The summed E-state index contributed by atoms with van der Waals surface area (Å²) >= 11 is 0. The molecule has 1 aliphatic carbocycles. The van der Waals surface area contributed by atoms with Crippen molar-refractivity contribution in [2.24, 2.45) is 0 Å². The highest BCUT2D eigenvalue weighted by atomic mass is 16.5. The van der Waals surface area contributed by atoms with E-state index in [1.165, 1.54) is 18.2 Å². The number of carbonyl (C=O) groups excluding carboxylic acids is 3. The minimum absolute atomic E-state index is 0.0615. The number of fused-ring (bicyclic) bond motifs is 3. The average Bonchev–Trinajstić information content (AvgIpc) is 3.28. The second-order valence-corrected chi connectivity index (χ2v) is 10.4. The number of benzene rings is 3. The van der Waals surface area contributed by atoms with E-state index in [-0.39, 0.29) is 23.2 Å². The summed E-state index contributed by atoms with van der Waals surface area (Å²) in [6, 6.07) is 16.4. The van der Waals surface area contributed by atoms with E-state index in [4.69, 9.17) is 24.1 Å². The Balaban J connectivity index is 1.32. The standard InChI is InChI=1S/C35H36O8/c1-5-33(37)41-17-9-7-6-8-16-40-26-11-13-28-29-14-12-27(20-31(29)24(4)30(28)19-26)42-35(39)25-10-15-32(22(2)18-25)43-34(38)23(3)21-36/h5,10-15,18-20,24,36H,1,3,6-9,16-17,21H2,2,4H3. The first kappa shape index (κ1) is 31.3. The van der Waals surface area contributed by atoms with E-state index in [1.807, 2.05) is 18.2 Å². The van der Waals surface area contributed by atoms with Gasteiger partial charge in [-0.3, -0.25) is 0 Å². The van der Waals surface area contributed by atoms with Crippen LogP contribution in [0.5, 0.6) is 17.2 Å². The fourth-order valence-corrected chi connectivity index (χ4v) is 4.88. The summed E-state index contributed by atoms with van der Waals surface area (Å²) in [6.45, 7) is 11.2. The normalized spacial score (nSPS) is 13.0. The summed E-state index contributed by atoms with van der Waals surface area (Å²) < 4.78 is 21.9. The number of rotatable bonds is 14. The monoisotopic (exact) mass is 584 g/mol. The van der Waals surface area contributed by atoms with Gasteiger partial charge in [0.25, 0.3) is 0 Å². The van der Waals surface area contributed by atoms with Gasteiger partial charge in [0, 0.05) is 12.0 Å². The molecule has 224 valence electrons. The fraction of sp³-hybridized carbons (Fsp3) is 0.286. The number of unbranched alkanes of at least 4 members (excludes halogenated alkanes) is 3. The van der Waals surface area contributed by atoms with Crippen molar-refractivity contribution >= 4 is 17.9 Å². The first-order valence-corrected chi connectivity index (χ1v) is 14.3. The lowest BCUT2D eigenvalue weighted by molar-refractivity contribution is -0.137. The third-order valence-corrected chi connectivity index (χ3v) is 7.29. The van der Waals surface area contributed by atoms with Gasteiger partial charge >= 0.3 is 17.9 Å². The number of aryl methyl sites for hydroxylation is 1. The van der Waals surface area contributed by atoms with E-state index in [0.29, 0.717) is 30.1 Å². The predicted molar refractivity (Wildman–Crippen MR) is 163 cm³/mol. The van der Waals surface area contributed by atoms with Crippen LogP contribution in [-0.2, 0) is 14.3 Å². The smallest absolute Gasteiger partial charge is 0.343 e. The van der Waals surface area contributed by atoms with E-state index in [0.717, 1.165) is 53.7 Å². The zero-order chi connectivity index (χ0) is 30.9. The van der Waals surface area contributed by atoms with Gasteiger partial charge < -0.3 is 24.1 Å². The summed E-state index contributed by atoms with van der Waals surface area (Å²) in [7, 11) is 0. The Morgan fingerprint density at radius 1 is 0.860 bits per heavy atom. The van der Waals surface area contributed by atoms with Gasteiger partial charge in [0.15, 0.2) is 0 Å². The van der Waals surface area contributed by atoms with Crippen molar-refractivity contribution in [1.29, 1.82) is 0 Å². The maximum atomic E-state index is 12.9. The van der Waals surface area contributed by atoms with Crippen LogP contribution in [0.1, 0.15) is 65.6 Å². The van der Waals surface area contributed by atoms with Crippen LogP contribution in [0.3, 0.4) is 0 Å². The number of ether oxygens (including phenoxy) is 4. The molecule has 1 atom stereocenters. The van der Waals surface area contributed by atoms with Gasteiger partial charge in [0.05, 0.1) is 31.0 Å². The van der Waals surface area contributed by atoms with Crippen LogP contribution in [0, 0.1) is 6.92 Å². The maximum Gasteiger partial charge on any atom is 0.343 e. The molecular weight excluding hydrogens is 548 g/mol. The van der Waals surface area contributed by atoms with Crippen molar-refractivity contribution in [3.63, 3.8) is 0 Å². The second kappa shape index (κ2) is 14.5. The summed E-state index contributed by atoms with van der Waals surface area (Å²) in [5.74, 6) is -0.0349. The molecule has 8 nitrogen and oxygen atoms in total. The van der Waals surface area contributed by atoms with Crippen molar-refractivity contribution in [2.75, 3.05) is 19.8 Å². The molecule has 3 aromatic carbocycles. The van der Waals surface area contributed by atoms with Gasteiger partial charge in [-0.2, -0.15) is 0 Å². The second-order valence-electron chi connectivity index (χ2n) is 10.4. The van der Waals surface area contributed by atoms with Gasteiger partial charge in [-0.15, -0.1) is 0 Å². The van der Waals surface area contributed by atoms with E-state index in [9.17, 15) is 14.4 Å². The van der Waals surface area contributed by atoms with Gasteiger partial charge in [0.1, 0.15) is 17.2 Å². The van der Waals surface area contributed by atoms with Crippen molar-refractivity contribution in [1.82, 2.24) is 0 Å². The zero-order valence-electron chi connectivity index (χ0n) is 24.5. The summed E-state index contributed by atoms with van der Waals surface area (Å²) in [4.78, 5) is 35.9. The van der Waals surface area contributed by atoms with E-state index >= 15 is 0 Å². The number of hydrogen-bond acceptors (Lipinski definition) is 8. The average molecular weight is 585 g/mol. The van der Waals surface area contributed by atoms with Crippen molar-refractivity contribution in [3.05, 3.63) is 102 Å². The SMILES string of the molecule is C=CC(=O)OCCCCCCOc1ccc2c(c1)C(C)c1cc(OC(=O)c3ccc(OC(=O)C(=C)CO)c(C)c3)ccc1-2. The summed E-state index contributed by atoms with van der Waals surface area (Å²) in [5.41, 5.74) is 5.27. The Labute approximate surface area is 251 Å². The maximum absolute atomic E-state index is 12.9. The number of esters is 3. The Morgan fingerprint density at radius 2 is 1.51 bits per heavy atom. The highest BCUT2D eigenvalue weighted by Gasteiger charge is 2.27. The molecule has 0 bridgehead atoms. The minimum atomic E-state index is -0.731. The number of aliphatic hydroxyl groups is 1. The third kappa shape index (κ3) is 7.78. The molecule has 8 heteroatoms. The zero-order valence-corrected chi connectivity index (χ0v) is 24.5. The summed E-state index contributed by atoms with van der Waals surface area (Å²) in [5, 5.41) is 9.05. The summed E-state index contributed by atoms with van der Waals surface area (Å²) in [6.07, 6.45) is 4.84. The van der Waals surface area contributed by atoms with Crippen LogP contribution in [-0.4, -0.2) is 42.8 Å². The Bertz CT molecular complexity index is 1540. The molecule has 0 saturated heterocycles. The van der Waals surface area contributed by atoms with Crippen molar-refractivity contribution in [2.45, 2.75) is 45.4 Å². The molecule has 0 spiro atoms. The Hall–Kier alpha value is -4.69. The molecule has 1 N–H and O–H groups in total. The van der Waals surface area contributed by atoms with Gasteiger partial charge in [0.2, 0.25) is 0 Å². The molecule has 4 rings (SSSR count). The molecule has 1 unspecified atom stereocenters. The highest BCUT2D eigenvalue weighted by molar-refractivity contribution is 5.93. The first-order valence-electron chi connectivity index (χ1n) is 14.3. The lowest BCUT2D eigenvalue weighted by Crippen LogP contribution is -2.14. The molecule has 3 aromatic rings. The van der Waals surface area contributed by atoms with Crippen LogP contribution in [0.15, 0.2) is 79.4 Å². The van der Waals surface area contributed by atoms with E-state index in [1.54, 1.807) is 19.1 Å². The molecule has 0 fully saturated rings. The molecule has 0 heterocycles. The Kier molecular flexibility index (Phi) is 10.5. The quantitative estimate of drug-likeness (QED) is 0.0994. The Morgan fingerprint density at radius 3 is 2.16 bits per heavy atom. The fourth-order valence-electron chi connectivity index (χ4n) is 4.88. The molecule has 0 aromatic heterocycles. The molecule has 0 radical (unpaired) electrons. The van der Waals surface area contributed by atoms with E-state index in [2.05, 4.69) is 32.2 Å². The van der Waals surface area contributed by atoms with Gasteiger partial charge in [-0.05, 0) is 103 Å². The topological polar surface area (TPSA) is 108 Å². The van der Waals surface area contributed by atoms with Gasteiger partial charge in [-0.25, -0.2) is 14.4 Å². The number of carbonyl (C=O) groups is 3. The molecule has 43 heavy (non-hydrogen) atoms. The molecule has 0 aliphatic heterocycles. The van der Waals surface area contributed by atoms with Crippen LogP contribution in [0.2, 0.25) is 0 Å². The van der Waals surface area contributed by atoms with Crippen LogP contribution < -0.4 is 14.2 Å². The largest absolute Gasteiger partial charge is 0.494 e. The van der Waals surface area contributed by atoms with Crippen LogP contribution in [0.4, 0.5) is 0 Å². The van der Waals surface area contributed by atoms with E-state index < -0.39 is 18.5 Å². The lowest BCUT2D eigenvalue weighted by atomic mass is 9.99.